The molecule has 0 radical (unpaired) electrons. The Morgan fingerprint density at radius 2 is 1.81 bits per heavy atom. The van der Waals surface area contributed by atoms with Crippen molar-refractivity contribution in [1.82, 2.24) is 20.3 Å². The predicted octanol–water partition coefficient (Wildman–Crippen LogP) is 2.61. The molecule has 3 rings (SSSR count). The third kappa shape index (κ3) is 3.30. The number of tetrazole rings is 1. The quantitative estimate of drug-likeness (QED) is 0.745. The number of aromatic nitrogens is 4. The maximum atomic E-state index is 4.26. The lowest BCUT2D eigenvalue weighted by Gasteiger charge is -2.02. The highest BCUT2D eigenvalue weighted by Crippen LogP contribution is 2.12. The van der Waals surface area contributed by atoms with E-state index in [9.17, 15) is 0 Å². The highest BCUT2D eigenvalue weighted by molar-refractivity contribution is 5.79. The van der Waals surface area contributed by atoms with Crippen LogP contribution in [-0.2, 0) is 0 Å². The van der Waals surface area contributed by atoms with Gasteiger partial charge in [-0.3, -0.25) is 0 Å². The van der Waals surface area contributed by atoms with Crippen molar-refractivity contribution in [3.63, 3.8) is 0 Å². The second kappa shape index (κ2) is 5.96. The minimum Gasteiger partial charge on any atom is -0.321 e. The molecule has 0 aliphatic rings. The first-order valence-corrected chi connectivity index (χ1v) is 6.53. The molecule has 0 atom stereocenters. The van der Waals surface area contributed by atoms with Gasteiger partial charge in [0, 0.05) is 5.69 Å². The van der Waals surface area contributed by atoms with Gasteiger partial charge in [-0.25, -0.2) is 0 Å². The summed E-state index contributed by atoms with van der Waals surface area (Å²) in [5.74, 6) is 0.463. The molecule has 0 saturated carbocycles. The fourth-order valence-corrected chi connectivity index (χ4v) is 1.76. The van der Waals surface area contributed by atoms with Gasteiger partial charge in [-0.15, -0.1) is 0 Å². The van der Waals surface area contributed by atoms with E-state index in [1.165, 1.54) is 10.4 Å². The van der Waals surface area contributed by atoms with Crippen LogP contribution in [0, 0.1) is 6.92 Å². The molecule has 0 saturated heterocycles. The SMILES string of the molecule is Cc1ccc(/C=N/n2nnnc2Nc2ccccc2)cc1. The van der Waals surface area contributed by atoms with E-state index in [2.05, 4.69) is 25.9 Å². The molecule has 0 aliphatic carbocycles. The Balaban J connectivity index is 1.78. The maximum Gasteiger partial charge on any atom is 0.269 e. The molecular formula is C15H14N6. The molecule has 0 fully saturated rings. The largest absolute Gasteiger partial charge is 0.321 e. The van der Waals surface area contributed by atoms with Gasteiger partial charge < -0.3 is 5.32 Å². The monoisotopic (exact) mass is 278 g/mol. The lowest BCUT2D eigenvalue weighted by molar-refractivity contribution is 0.699. The summed E-state index contributed by atoms with van der Waals surface area (Å²) in [5, 5.41) is 18.8. The van der Waals surface area contributed by atoms with E-state index in [0.29, 0.717) is 5.95 Å². The highest BCUT2D eigenvalue weighted by Gasteiger charge is 2.04. The van der Waals surface area contributed by atoms with E-state index < -0.39 is 0 Å². The molecule has 1 aromatic heterocycles. The van der Waals surface area contributed by atoms with Gasteiger partial charge >= 0.3 is 0 Å². The Kier molecular flexibility index (Phi) is 3.68. The fraction of sp³-hybridized carbons (Fsp3) is 0.0667. The summed E-state index contributed by atoms with van der Waals surface area (Å²) in [6.45, 7) is 2.05. The van der Waals surface area contributed by atoms with Gasteiger partial charge in [0.05, 0.1) is 6.21 Å². The van der Waals surface area contributed by atoms with Crippen molar-refractivity contribution in [2.75, 3.05) is 5.32 Å². The van der Waals surface area contributed by atoms with Gasteiger partial charge in [0.25, 0.3) is 5.95 Å². The van der Waals surface area contributed by atoms with Crippen molar-refractivity contribution < 1.29 is 0 Å². The van der Waals surface area contributed by atoms with Crippen LogP contribution in [0.3, 0.4) is 0 Å². The van der Waals surface area contributed by atoms with Crippen molar-refractivity contribution in [3.8, 4) is 0 Å². The van der Waals surface area contributed by atoms with Gasteiger partial charge in [0.15, 0.2) is 0 Å². The van der Waals surface area contributed by atoms with Crippen LogP contribution < -0.4 is 5.32 Å². The summed E-state index contributed by atoms with van der Waals surface area (Å²) in [5.41, 5.74) is 3.10. The summed E-state index contributed by atoms with van der Waals surface area (Å²) in [6, 6.07) is 17.7. The van der Waals surface area contributed by atoms with Crippen LogP contribution in [0.2, 0.25) is 0 Å². The van der Waals surface area contributed by atoms with E-state index in [1.807, 2.05) is 61.5 Å². The number of rotatable bonds is 4. The molecular weight excluding hydrogens is 264 g/mol. The molecule has 0 aliphatic heterocycles. The maximum absolute atomic E-state index is 4.26. The van der Waals surface area contributed by atoms with Crippen molar-refractivity contribution in [3.05, 3.63) is 65.7 Å². The zero-order valence-electron chi connectivity index (χ0n) is 11.5. The number of para-hydroxylation sites is 1. The fourth-order valence-electron chi connectivity index (χ4n) is 1.76. The molecule has 0 amide bonds. The number of hydrogen-bond acceptors (Lipinski definition) is 5. The highest BCUT2D eigenvalue weighted by atomic mass is 15.7. The number of anilines is 2. The molecule has 3 aromatic rings. The Hall–Kier alpha value is -3.02. The van der Waals surface area contributed by atoms with Crippen molar-refractivity contribution in [2.24, 2.45) is 5.10 Å². The zero-order valence-corrected chi connectivity index (χ0v) is 11.5. The van der Waals surface area contributed by atoms with Crippen LogP contribution in [-0.4, -0.2) is 26.5 Å². The van der Waals surface area contributed by atoms with Crippen LogP contribution in [0.15, 0.2) is 59.7 Å². The number of hydrogen-bond donors (Lipinski definition) is 1. The molecule has 1 N–H and O–H groups in total. The van der Waals surface area contributed by atoms with E-state index >= 15 is 0 Å². The smallest absolute Gasteiger partial charge is 0.269 e. The second-order valence-corrected chi connectivity index (χ2v) is 4.54. The number of nitrogens with one attached hydrogen (secondary N) is 1. The summed E-state index contributed by atoms with van der Waals surface area (Å²) in [4.78, 5) is 1.35. The van der Waals surface area contributed by atoms with E-state index in [1.54, 1.807) is 6.21 Å². The molecule has 0 bridgehead atoms. The van der Waals surface area contributed by atoms with Crippen LogP contribution in [0.1, 0.15) is 11.1 Å². The standard InChI is InChI=1S/C15H14N6/c1-12-7-9-13(10-8-12)11-16-21-15(18-19-20-21)17-14-5-3-2-4-6-14/h2-11H,1H3,(H,17,18,20)/b16-11+. The van der Waals surface area contributed by atoms with Gasteiger partial charge in [-0.05, 0) is 35.0 Å². The molecule has 2 aromatic carbocycles. The normalized spacial score (nSPS) is 10.9. The number of benzene rings is 2. The van der Waals surface area contributed by atoms with E-state index in [0.717, 1.165) is 11.3 Å². The average Bonchev–Trinajstić information content (AvgIpc) is 2.95. The Labute approximate surface area is 122 Å². The van der Waals surface area contributed by atoms with E-state index in [4.69, 9.17) is 0 Å². The van der Waals surface area contributed by atoms with Crippen molar-refractivity contribution >= 4 is 17.9 Å². The first kappa shape index (κ1) is 13.0. The third-order valence-corrected chi connectivity index (χ3v) is 2.88. The Bertz CT molecular complexity index is 730. The van der Waals surface area contributed by atoms with Gasteiger partial charge in [0.1, 0.15) is 0 Å². The van der Waals surface area contributed by atoms with Crippen LogP contribution in [0.5, 0.6) is 0 Å². The predicted molar refractivity (Wildman–Crippen MR) is 81.7 cm³/mol. The molecule has 21 heavy (non-hydrogen) atoms. The minimum absolute atomic E-state index is 0.463. The topological polar surface area (TPSA) is 68.0 Å². The average molecular weight is 278 g/mol. The number of nitrogens with zero attached hydrogens (tertiary/aromatic N) is 5. The summed E-state index contributed by atoms with van der Waals surface area (Å²) < 4.78 is 0. The summed E-state index contributed by atoms with van der Waals surface area (Å²) in [6.07, 6.45) is 1.71. The first-order valence-electron chi connectivity index (χ1n) is 6.53. The third-order valence-electron chi connectivity index (χ3n) is 2.88. The van der Waals surface area contributed by atoms with Crippen LogP contribution in [0.4, 0.5) is 11.6 Å². The van der Waals surface area contributed by atoms with Gasteiger partial charge in [-0.1, -0.05) is 57.9 Å². The molecule has 1 heterocycles. The molecule has 6 nitrogen and oxygen atoms in total. The Morgan fingerprint density at radius 3 is 2.57 bits per heavy atom. The van der Waals surface area contributed by atoms with Crippen LogP contribution in [0.25, 0.3) is 0 Å². The molecule has 104 valence electrons. The zero-order chi connectivity index (χ0) is 14.5. The van der Waals surface area contributed by atoms with Crippen LogP contribution >= 0.6 is 0 Å². The van der Waals surface area contributed by atoms with Crippen molar-refractivity contribution in [1.29, 1.82) is 0 Å². The summed E-state index contributed by atoms with van der Waals surface area (Å²) in [7, 11) is 0. The first-order chi connectivity index (χ1) is 10.3. The number of aryl methyl sites for hydroxylation is 1. The minimum atomic E-state index is 0.463. The van der Waals surface area contributed by atoms with E-state index in [-0.39, 0.29) is 0 Å². The second-order valence-electron chi connectivity index (χ2n) is 4.54. The Morgan fingerprint density at radius 1 is 1.05 bits per heavy atom. The lowest BCUT2D eigenvalue weighted by Crippen LogP contribution is -2.01. The van der Waals surface area contributed by atoms with Crippen molar-refractivity contribution in [2.45, 2.75) is 6.92 Å². The van der Waals surface area contributed by atoms with Gasteiger partial charge in [0.2, 0.25) is 0 Å². The van der Waals surface area contributed by atoms with Gasteiger partial charge in [-0.2, -0.15) is 5.10 Å². The molecule has 6 heteroatoms. The lowest BCUT2D eigenvalue weighted by atomic mass is 10.2. The molecule has 0 spiro atoms. The molecule has 0 unspecified atom stereocenters. The summed E-state index contributed by atoms with van der Waals surface area (Å²) >= 11 is 0.